The van der Waals surface area contributed by atoms with Gasteiger partial charge in [0.15, 0.2) is 17.6 Å². The van der Waals surface area contributed by atoms with Gasteiger partial charge in [-0.25, -0.2) is 4.39 Å². The molecule has 1 fully saturated rings. The molecule has 2 heterocycles. The highest BCUT2D eigenvalue weighted by Gasteiger charge is 2.27. The lowest BCUT2D eigenvalue weighted by Crippen LogP contribution is -2.47. The van der Waals surface area contributed by atoms with Crippen LogP contribution >= 0.6 is 0 Å². The molecule has 2 unspecified atom stereocenters. The minimum Gasteiger partial charge on any atom is -0.479 e. The highest BCUT2D eigenvalue weighted by Crippen LogP contribution is 2.33. The molecule has 1 amide bonds. The molecule has 0 spiro atoms. The van der Waals surface area contributed by atoms with Crippen LogP contribution in [0.1, 0.15) is 24.0 Å². The van der Waals surface area contributed by atoms with E-state index in [-0.39, 0.29) is 18.8 Å². The number of hydrogen-bond acceptors (Lipinski definition) is 6. The Kier molecular flexibility index (Phi) is 8.73. The van der Waals surface area contributed by atoms with Gasteiger partial charge < -0.3 is 24.3 Å². The van der Waals surface area contributed by atoms with Crippen molar-refractivity contribution in [2.45, 2.75) is 38.0 Å². The summed E-state index contributed by atoms with van der Waals surface area (Å²) >= 11 is 0. The number of halogens is 1. The molecule has 200 valence electrons. The molecule has 7 nitrogen and oxygen atoms in total. The van der Waals surface area contributed by atoms with Crippen molar-refractivity contribution in [3.05, 3.63) is 89.7 Å². The Morgan fingerprint density at radius 2 is 1.89 bits per heavy atom. The molecular formula is C30H33FN2O5. The Labute approximate surface area is 222 Å². The minimum absolute atomic E-state index is 0.0833. The van der Waals surface area contributed by atoms with Crippen molar-refractivity contribution in [3.8, 4) is 17.2 Å². The maximum absolute atomic E-state index is 13.9. The van der Waals surface area contributed by atoms with E-state index >= 15 is 0 Å². The van der Waals surface area contributed by atoms with Crippen LogP contribution in [0.2, 0.25) is 0 Å². The number of amides is 1. The molecule has 0 aromatic heterocycles. The van der Waals surface area contributed by atoms with Crippen LogP contribution in [0.3, 0.4) is 0 Å². The minimum atomic E-state index is -0.844. The first-order chi connectivity index (χ1) is 18.6. The SMILES string of the molecule is O=C(NCCc1ccccc1)C(CN(Cc1ccc2c(c1)OCO2)CC1CCCO1)Oc1cccc(F)c1. The van der Waals surface area contributed by atoms with Gasteiger partial charge in [0.25, 0.3) is 5.91 Å². The lowest BCUT2D eigenvalue weighted by atomic mass is 10.1. The van der Waals surface area contributed by atoms with Crippen LogP contribution in [0.15, 0.2) is 72.8 Å². The number of rotatable bonds is 12. The van der Waals surface area contributed by atoms with Crippen LogP contribution in [0, 0.1) is 5.82 Å². The standard InChI is InChI=1S/C30H33FN2O5/c31-24-8-4-9-25(17-24)38-29(30(34)32-14-13-22-6-2-1-3-7-22)20-33(19-26-10-5-15-35-26)18-23-11-12-27-28(16-23)37-21-36-27/h1-4,6-9,11-12,16-17,26,29H,5,10,13-15,18-21H2,(H,32,34). The molecular weight excluding hydrogens is 487 g/mol. The van der Waals surface area contributed by atoms with E-state index in [0.717, 1.165) is 36.3 Å². The Balaban J connectivity index is 1.31. The number of carbonyl (C=O) groups excluding carboxylic acids is 1. The zero-order valence-electron chi connectivity index (χ0n) is 21.3. The third-order valence-electron chi connectivity index (χ3n) is 6.68. The maximum Gasteiger partial charge on any atom is 0.262 e. The summed E-state index contributed by atoms with van der Waals surface area (Å²) < 4.78 is 36.9. The summed E-state index contributed by atoms with van der Waals surface area (Å²) in [7, 11) is 0. The normalized spacial score (nSPS) is 16.9. The van der Waals surface area contributed by atoms with E-state index in [1.165, 1.54) is 12.1 Å². The number of benzene rings is 3. The lowest BCUT2D eigenvalue weighted by molar-refractivity contribution is -0.129. The van der Waals surface area contributed by atoms with Crippen LogP contribution in [0.5, 0.6) is 17.2 Å². The highest BCUT2D eigenvalue weighted by molar-refractivity contribution is 5.81. The number of nitrogens with zero attached hydrogens (tertiary/aromatic N) is 1. The molecule has 1 N–H and O–H groups in total. The number of ether oxygens (including phenoxy) is 4. The van der Waals surface area contributed by atoms with Crippen LogP contribution < -0.4 is 19.5 Å². The van der Waals surface area contributed by atoms with Crippen molar-refractivity contribution < 1.29 is 28.1 Å². The largest absolute Gasteiger partial charge is 0.479 e. The molecule has 2 atom stereocenters. The zero-order valence-corrected chi connectivity index (χ0v) is 21.3. The topological polar surface area (TPSA) is 69.3 Å². The van der Waals surface area contributed by atoms with E-state index in [1.807, 2.05) is 48.5 Å². The van der Waals surface area contributed by atoms with Crippen LogP contribution in [-0.4, -0.2) is 56.0 Å². The van der Waals surface area contributed by atoms with Gasteiger partial charge in [-0.3, -0.25) is 9.69 Å². The highest BCUT2D eigenvalue weighted by atomic mass is 19.1. The van der Waals surface area contributed by atoms with Gasteiger partial charge in [-0.2, -0.15) is 0 Å². The third kappa shape index (κ3) is 7.24. The fourth-order valence-electron chi connectivity index (χ4n) is 4.78. The van der Waals surface area contributed by atoms with Gasteiger partial charge in [-0.05, 0) is 54.7 Å². The maximum atomic E-state index is 13.9. The molecule has 0 bridgehead atoms. The predicted molar refractivity (Wildman–Crippen MR) is 141 cm³/mol. The fourth-order valence-corrected chi connectivity index (χ4v) is 4.78. The molecule has 3 aromatic rings. The predicted octanol–water partition coefficient (Wildman–Crippen LogP) is 4.34. The molecule has 38 heavy (non-hydrogen) atoms. The fraction of sp³-hybridized carbons (Fsp3) is 0.367. The monoisotopic (exact) mass is 520 g/mol. The van der Waals surface area contributed by atoms with Crippen LogP contribution in [-0.2, 0) is 22.5 Å². The van der Waals surface area contributed by atoms with Gasteiger partial charge in [-0.15, -0.1) is 0 Å². The average molecular weight is 521 g/mol. The zero-order chi connectivity index (χ0) is 26.2. The smallest absolute Gasteiger partial charge is 0.262 e. The Bertz CT molecular complexity index is 1200. The average Bonchev–Trinajstić information content (AvgIpc) is 3.61. The van der Waals surface area contributed by atoms with Crippen molar-refractivity contribution in [2.24, 2.45) is 0 Å². The Morgan fingerprint density at radius 1 is 1.03 bits per heavy atom. The quantitative estimate of drug-likeness (QED) is 0.383. The third-order valence-corrected chi connectivity index (χ3v) is 6.68. The second-order valence-corrected chi connectivity index (χ2v) is 9.61. The summed E-state index contributed by atoms with van der Waals surface area (Å²) in [5.41, 5.74) is 2.17. The van der Waals surface area contributed by atoms with Gasteiger partial charge in [0.1, 0.15) is 11.6 Å². The molecule has 0 radical (unpaired) electrons. The molecule has 3 aromatic carbocycles. The molecule has 2 aliphatic heterocycles. The van der Waals surface area contributed by atoms with Crippen molar-refractivity contribution in [2.75, 3.05) is 33.0 Å². The van der Waals surface area contributed by atoms with E-state index in [2.05, 4.69) is 10.2 Å². The molecule has 5 rings (SSSR count). The van der Waals surface area contributed by atoms with Gasteiger partial charge in [0.2, 0.25) is 6.79 Å². The van der Waals surface area contributed by atoms with E-state index in [0.29, 0.717) is 44.1 Å². The van der Waals surface area contributed by atoms with Gasteiger partial charge >= 0.3 is 0 Å². The first kappa shape index (κ1) is 26.0. The Hall–Kier alpha value is -3.62. The van der Waals surface area contributed by atoms with E-state index < -0.39 is 11.9 Å². The first-order valence-corrected chi connectivity index (χ1v) is 13.1. The van der Waals surface area contributed by atoms with Crippen molar-refractivity contribution in [3.63, 3.8) is 0 Å². The summed E-state index contributed by atoms with van der Waals surface area (Å²) in [4.78, 5) is 15.5. The molecule has 0 saturated carbocycles. The van der Waals surface area contributed by atoms with E-state index in [1.54, 1.807) is 12.1 Å². The number of hydrogen-bond donors (Lipinski definition) is 1. The summed E-state index contributed by atoms with van der Waals surface area (Å²) in [5.74, 6) is 1.10. The first-order valence-electron chi connectivity index (χ1n) is 13.1. The lowest BCUT2D eigenvalue weighted by Gasteiger charge is -2.29. The molecule has 1 saturated heterocycles. The molecule has 0 aliphatic carbocycles. The van der Waals surface area contributed by atoms with E-state index in [4.69, 9.17) is 18.9 Å². The van der Waals surface area contributed by atoms with Crippen molar-refractivity contribution in [1.29, 1.82) is 0 Å². The number of fused-ring (bicyclic) bond motifs is 1. The van der Waals surface area contributed by atoms with Gasteiger partial charge in [0.05, 0.1) is 6.10 Å². The van der Waals surface area contributed by atoms with Gasteiger partial charge in [-0.1, -0.05) is 42.5 Å². The summed E-state index contributed by atoms with van der Waals surface area (Å²) in [5, 5.41) is 3.01. The number of nitrogens with one attached hydrogen (secondary N) is 1. The van der Waals surface area contributed by atoms with E-state index in [9.17, 15) is 9.18 Å². The second-order valence-electron chi connectivity index (χ2n) is 9.61. The summed E-state index contributed by atoms with van der Waals surface area (Å²) in [6.45, 7) is 2.95. The molecule has 2 aliphatic rings. The molecule has 8 heteroatoms. The van der Waals surface area contributed by atoms with Crippen LogP contribution in [0.4, 0.5) is 4.39 Å². The second kappa shape index (κ2) is 12.8. The van der Waals surface area contributed by atoms with Crippen LogP contribution in [0.25, 0.3) is 0 Å². The van der Waals surface area contributed by atoms with Crippen molar-refractivity contribution >= 4 is 5.91 Å². The van der Waals surface area contributed by atoms with Crippen molar-refractivity contribution in [1.82, 2.24) is 10.2 Å². The van der Waals surface area contributed by atoms with Gasteiger partial charge in [0, 0.05) is 38.9 Å². The summed E-state index contributed by atoms with van der Waals surface area (Å²) in [6.07, 6.45) is 1.93. The number of carbonyl (C=O) groups is 1. The Morgan fingerprint density at radius 3 is 2.71 bits per heavy atom. The summed E-state index contributed by atoms with van der Waals surface area (Å²) in [6, 6.07) is 21.7.